The van der Waals surface area contributed by atoms with E-state index in [1.807, 2.05) is 0 Å². The minimum Gasteiger partial charge on any atom is -0.0622 e. The van der Waals surface area contributed by atoms with Crippen LogP contribution >= 0.6 is 0 Å². The largest absolute Gasteiger partial charge is 0.0622 e. The van der Waals surface area contributed by atoms with E-state index in [1.54, 1.807) is 0 Å². The summed E-state index contributed by atoms with van der Waals surface area (Å²) in [4.78, 5) is 0. The van der Waals surface area contributed by atoms with Gasteiger partial charge in [-0.2, -0.15) is 0 Å². The fourth-order valence-corrected chi connectivity index (χ4v) is 4.96. The van der Waals surface area contributed by atoms with Crippen LogP contribution in [0.1, 0.15) is 56.6 Å². The van der Waals surface area contributed by atoms with Crippen molar-refractivity contribution in [1.29, 1.82) is 0 Å². The fourth-order valence-electron chi connectivity index (χ4n) is 4.96. The van der Waals surface area contributed by atoms with E-state index in [9.17, 15) is 0 Å². The first-order chi connectivity index (χ1) is 12.7. The van der Waals surface area contributed by atoms with E-state index in [0.29, 0.717) is 0 Å². The standard InChI is InChI=1S/C26H30/c1-26(25-14-6-3-7-15-25,19-21-10-4-2-5-11-21)20-22-16-17-23-12-8-9-13-24(23)18-22/h3,6-9,12-18,21H,2,4-5,10-11,19-20H2,1H3. The van der Waals surface area contributed by atoms with Crippen LogP contribution in [0.5, 0.6) is 0 Å². The third kappa shape index (κ3) is 3.85. The fraction of sp³-hybridized carbons (Fsp3) is 0.385. The predicted octanol–water partition coefficient (Wildman–Crippen LogP) is 7.31. The number of hydrogen-bond donors (Lipinski definition) is 0. The van der Waals surface area contributed by atoms with Gasteiger partial charge in [0, 0.05) is 0 Å². The van der Waals surface area contributed by atoms with Crippen molar-refractivity contribution in [2.24, 2.45) is 5.92 Å². The van der Waals surface area contributed by atoms with Crippen LogP contribution in [0.25, 0.3) is 10.8 Å². The van der Waals surface area contributed by atoms with E-state index in [4.69, 9.17) is 0 Å². The SMILES string of the molecule is CC(Cc1ccc2ccccc2c1)(CC1CCCCC1)c1ccccc1. The van der Waals surface area contributed by atoms with E-state index in [2.05, 4.69) is 79.7 Å². The molecule has 0 spiro atoms. The molecule has 134 valence electrons. The van der Waals surface area contributed by atoms with Crippen molar-refractivity contribution >= 4 is 10.8 Å². The van der Waals surface area contributed by atoms with Gasteiger partial charge in [-0.15, -0.1) is 0 Å². The zero-order valence-electron chi connectivity index (χ0n) is 16.0. The number of hydrogen-bond acceptors (Lipinski definition) is 0. The second kappa shape index (κ2) is 7.66. The Balaban J connectivity index is 1.64. The highest BCUT2D eigenvalue weighted by molar-refractivity contribution is 5.83. The summed E-state index contributed by atoms with van der Waals surface area (Å²) in [5.41, 5.74) is 3.18. The molecule has 0 saturated heterocycles. The lowest BCUT2D eigenvalue weighted by Crippen LogP contribution is -2.29. The number of fused-ring (bicyclic) bond motifs is 1. The lowest BCUT2D eigenvalue weighted by Gasteiger charge is -2.36. The van der Waals surface area contributed by atoms with E-state index in [-0.39, 0.29) is 5.41 Å². The van der Waals surface area contributed by atoms with E-state index in [1.165, 1.54) is 60.4 Å². The molecule has 0 aromatic heterocycles. The molecule has 1 atom stereocenters. The average Bonchev–Trinajstić information content (AvgIpc) is 2.69. The number of benzene rings is 3. The first-order valence-electron chi connectivity index (χ1n) is 10.3. The molecular weight excluding hydrogens is 312 g/mol. The molecule has 0 bridgehead atoms. The molecule has 0 amide bonds. The topological polar surface area (TPSA) is 0 Å². The van der Waals surface area contributed by atoms with Crippen molar-refractivity contribution in [3.8, 4) is 0 Å². The second-order valence-electron chi connectivity index (χ2n) is 8.49. The van der Waals surface area contributed by atoms with Gasteiger partial charge in [0.2, 0.25) is 0 Å². The summed E-state index contributed by atoms with van der Waals surface area (Å²) in [6.45, 7) is 2.49. The minimum absolute atomic E-state index is 0.214. The van der Waals surface area contributed by atoms with Gasteiger partial charge >= 0.3 is 0 Å². The van der Waals surface area contributed by atoms with Crippen molar-refractivity contribution in [1.82, 2.24) is 0 Å². The molecule has 0 heterocycles. The average molecular weight is 343 g/mol. The van der Waals surface area contributed by atoms with Crippen LogP contribution in [0.4, 0.5) is 0 Å². The first kappa shape index (κ1) is 17.3. The molecule has 4 rings (SSSR count). The molecule has 1 fully saturated rings. The Kier molecular flexibility index (Phi) is 5.11. The van der Waals surface area contributed by atoms with Gasteiger partial charge in [-0.05, 0) is 46.1 Å². The molecule has 26 heavy (non-hydrogen) atoms. The Hall–Kier alpha value is -2.08. The molecule has 0 radical (unpaired) electrons. The zero-order chi connectivity index (χ0) is 17.8. The van der Waals surface area contributed by atoms with Crippen LogP contribution in [0, 0.1) is 5.92 Å². The Morgan fingerprint density at radius 1 is 0.769 bits per heavy atom. The van der Waals surface area contributed by atoms with Crippen molar-refractivity contribution in [3.63, 3.8) is 0 Å². The molecule has 0 aliphatic heterocycles. The van der Waals surface area contributed by atoms with Crippen molar-refractivity contribution in [2.75, 3.05) is 0 Å². The lowest BCUT2D eigenvalue weighted by molar-refractivity contribution is 0.266. The Labute approximate surface area is 158 Å². The molecule has 0 heteroatoms. The lowest BCUT2D eigenvalue weighted by atomic mass is 9.69. The predicted molar refractivity (Wildman–Crippen MR) is 113 cm³/mol. The molecule has 3 aromatic rings. The minimum atomic E-state index is 0.214. The van der Waals surface area contributed by atoms with Gasteiger partial charge in [0.25, 0.3) is 0 Å². The summed E-state index contributed by atoms with van der Waals surface area (Å²) in [7, 11) is 0. The summed E-state index contributed by atoms with van der Waals surface area (Å²) in [5.74, 6) is 0.884. The molecule has 0 nitrogen and oxygen atoms in total. The van der Waals surface area contributed by atoms with Crippen molar-refractivity contribution in [3.05, 3.63) is 83.9 Å². The zero-order valence-corrected chi connectivity index (χ0v) is 16.0. The summed E-state index contributed by atoms with van der Waals surface area (Å²) < 4.78 is 0. The van der Waals surface area contributed by atoms with Crippen molar-refractivity contribution < 1.29 is 0 Å². The first-order valence-corrected chi connectivity index (χ1v) is 10.3. The van der Waals surface area contributed by atoms with Gasteiger partial charge in [-0.3, -0.25) is 0 Å². The van der Waals surface area contributed by atoms with Crippen LogP contribution in [0.15, 0.2) is 72.8 Å². The van der Waals surface area contributed by atoms with E-state index >= 15 is 0 Å². The van der Waals surface area contributed by atoms with Crippen LogP contribution in [-0.2, 0) is 11.8 Å². The summed E-state index contributed by atoms with van der Waals surface area (Å²) >= 11 is 0. The van der Waals surface area contributed by atoms with Crippen LogP contribution in [-0.4, -0.2) is 0 Å². The highest BCUT2D eigenvalue weighted by atomic mass is 14.3. The Bertz CT molecular complexity index is 842. The van der Waals surface area contributed by atoms with Gasteiger partial charge in [0.15, 0.2) is 0 Å². The van der Waals surface area contributed by atoms with Crippen LogP contribution in [0.3, 0.4) is 0 Å². The highest BCUT2D eigenvalue weighted by Gasteiger charge is 2.31. The normalized spacial score (nSPS) is 17.9. The molecule has 1 aliphatic rings. The summed E-state index contributed by atoms with van der Waals surface area (Å²) in [5, 5.41) is 2.70. The molecule has 0 N–H and O–H groups in total. The maximum Gasteiger partial charge on any atom is -0.00323 e. The van der Waals surface area contributed by atoms with E-state index < -0.39 is 0 Å². The van der Waals surface area contributed by atoms with Crippen molar-refractivity contribution in [2.45, 2.75) is 57.3 Å². The Morgan fingerprint density at radius 3 is 2.23 bits per heavy atom. The number of rotatable bonds is 5. The van der Waals surface area contributed by atoms with Crippen LogP contribution < -0.4 is 0 Å². The smallest absolute Gasteiger partial charge is 0.00323 e. The second-order valence-corrected chi connectivity index (χ2v) is 8.49. The van der Waals surface area contributed by atoms with Gasteiger partial charge in [-0.1, -0.05) is 112 Å². The monoisotopic (exact) mass is 342 g/mol. The third-order valence-corrected chi connectivity index (χ3v) is 6.34. The van der Waals surface area contributed by atoms with Crippen LogP contribution in [0.2, 0.25) is 0 Å². The van der Waals surface area contributed by atoms with E-state index in [0.717, 1.165) is 12.3 Å². The Morgan fingerprint density at radius 2 is 1.46 bits per heavy atom. The maximum absolute atomic E-state index is 2.49. The summed E-state index contributed by atoms with van der Waals surface area (Å²) in [6, 6.07) is 27.0. The van der Waals surface area contributed by atoms with Gasteiger partial charge < -0.3 is 0 Å². The molecule has 1 aliphatic carbocycles. The quantitative estimate of drug-likeness (QED) is 0.456. The third-order valence-electron chi connectivity index (χ3n) is 6.34. The molecule has 1 saturated carbocycles. The molecular formula is C26H30. The molecule has 3 aromatic carbocycles. The summed E-state index contributed by atoms with van der Waals surface area (Å²) in [6.07, 6.45) is 9.54. The molecule has 1 unspecified atom stereocenters. The van der Waals surface area contributed by atoms with Gasteiger partial charge in [0.05, 0.1) is 0 Å². The van der Waals surface area contributed by atoms with Gasteiger partial charge in [0.1, 0.15) is 0 Å². The highest BCUT2D eigenvalue weighted by Crippen LogP contribution is 2.39. The maximum atomic E-state index is 2.49. The van der Waals surface area contributed by atoms with Gasteiger partial charge in [-0.25, -0.2) is 0 Å².